The Labute approximate surface area is 106 Å². The lowest BCUT2D eigenvalue weighted by Gasteiger charge is -2.41. The van der Waals surface area contributed by atoms with Crippen molar-refractivity contribution in [3.8, 4) is 0 Å². The Morgan fingerprint density at radius 1 is 1.53 bits per heavy atom. The highest BCUT2D eigenvalue weighted by Crippen LogP contribution is 2.33. The Kier molecular flexibility index (Phi) is 4.59. The fourth-order valence-corrected chi connectivity index (χ4v) is 2.58. The number of hydrogen-bond acceptors (Lipinski definition) is 2. The summed E-state index contributed by atoms with van der Waals surface area (Å²) in [4.78, 5) is 12.3. The van der Waals surface area contributed by atoms with Crippen LogP contribution in [0.15, 0.2) is 0 Å². The van der Waals surface area contributed by atoms with Crippen molar-refractivity contribution in [1.82, 2.24) is 5.32 Å². The van der Waals surface area contributed by atoms with Crippen molar-refractivity contribution in [2.75, 3.05) is 6.54 Å². The summed E-state index contributed by atoms with van der Waals surface area (Å²) in [5.41, 5.74) is 5.48. The van der Waals surface area contributed by atoms with Crippen molar-refractivity contribution in [2.24, 2.45) is 17.1 Å². The Bertz CT molecular complexity index is 275. The molecule has 3 heteroatoms. The van der Waals surface area contributed by atoms with Crippen LogP contribution in [0.5, 0.6) is 0 Å². The monoisotopic (exact) mass is 240 g/mol. The second kappa shape index (κ2) is 5.38. The van der Waals surface area contributed by atoms with E-state index in [-0.39, 0.29) is 16.9 Å². The first-order chi connectivity index (χ1) is 7.85. The van der Waals surface area contributed by atoms with Gasteiger partial charge in [0.1, 0.15) is 0 Å². The van der Waals surface area contributed by atoms with Gasteiger partial charge in [-0.3, -0.25) is 4.79 Å². The standard InChI is InChI=1S/C14H28N2O/c1-5-13(3,4)12(17)16-14(10-15)8-6-7-11(2)9-14/h11H,5-10,15H2,1-4H3,(H,16,17). The Morgan fingerprint density at radius 3 is 2.65 bits per heavy atom. The number of rotatable bonds is 4. The molecule has 1 amide bonds. The molecule has 2 atom stereocenters. The van der Waals surface area contributed by atoms with Crippen LogP contribution in [0.1, 0.15) is 59.8 Å². The molecule has 0 aliphatic heterocycles. The number of hydrogen-bond donors (Lipinski definition) is 2. The van der Waals surface area contributed by atoms with Crippen molar-refractivity contribution < 1.29 is 4.79 Å². The summed E-state index contributed by atoms with van der Waals surface area (Å²) in [7, 11) is 0. The lowest BCUT2D eigenvalue weighted by Crippen LogP contribution is -2.58. The first-order valence-electron chi connectivity index (χ1n) is 6.88. The maximum atomic E-state index is 12.3. The van der Waals surface area contributed by atoms with Crippen molar-refractivity contribution in [2.45, 2.75) is 65.3 Å². The fraction of sp³-hybridized carbons (Fsp3) is 0.929. The molecular weight excluding hydrogens is 212 g/mol. The minimum Gasteiger partial charge on any atom is -0.349 e. The lowest BCUT2D eigenvalue weighted by atomic mass is 9.75. The Balaban J connectivity index is 2.72. The molecule has 1 saturated carbocycles. The SMILES string of the molecule is CCC(C)(C)C(=O)NC1(CN)CCCC(C)C1. The number of nitrogens with one attached hydrogen (secondary N) is 1. The van der Waals surface area contributed by atoms with Gasteiger partial charge in [-0.2, -0.15) is 0 Å². The molecule has 0 spiro atoms. The molecule has 0 radical (unpaired) electrons. The van der Waals surface area contributed by atoms with E-state index in [0.717, 1.165) is 19.3 Å². The average Bonchev–Trinajstić information content (AvgIpc) is 2.29. The van der Waals surface area contributed by atoms with Gasteiger partial charge in [0, 0.05) is 12.0 Å². The van der Waals surface area contributed by atoms with E-state index < -0.39 is 0 Å². The van der Waals surface area contributed by atoms with Gasteiger partial charge in [-0.1, -0.05) is 40.5 Å². The van der Waals surface area contributed by atoms with Crippen LogP contribution in [0.3, 0.4) is 0 Å². The molecule has 2 unspecified atom stereocenters. The van der Waals surface area contributed by atoms with Crippen LogP contribution in [0.25, 0.3) is 0 Å². The first-order valence-corrected chi connectivity index (χ1v) is 6.88. The topological polar surface area (TPSA) is 55.1 Å². The number of nitrogens with two attached hydrogens (primary N) is 1. The molecule has 0 aromatic rings. The molecule has 3 N–H and O–H groups in total. The van der Waals surface area contributed by atoms with Crippen molar-refractivity contribution in [3.05, 3.63) is 0 Å². The fourth-order valence-electron chi connectivity index (χ4n) is 2.58. The summed E-state index contributed by atoms with van der Waals surface area (Å²) >= 11 is 0. The van der Waals surface area contributed by atoms with Crippen LogP contribution in [-0.4, -0.2) is 18.0 Å². The highest BCUT2D eigenvalue weighted by molar-refractivity contribution is 5.82. The zero-order valence-electron chi connectivity index (χ0n) is 11.8. The number of carbonyl (C=O) groups is 1. The molecule has 1 rings (SSSR count). The van der Waals surface area contributed by atoms with Gasteiger partial charge in [0.05, 0.1) is 5.54 Å². The summed E-state index contributed by atoms with van der Waals surface area (Å²) in [5, 5.41) is 3.24. The minimum absolute atomic E-state index is 0.152. The van der Waals surface area contributed by atoms with E-state index in [1.54, 1.807) is 0 Å². The molecule has 1 aliphatic rings. The van der Waals surface area contributed by atoms with Crippen LogP contribution < -0.4 is 11.1 Å². The van der Waals surface area contributed by atoms with Crippen LogP contribution in [0.4, 0.5) is 0 Å². The summed E-state index contributed by atoms with van der Waals surface area (Å²) in [6, 6.07) is 0. The minimum atomic E-state index is -0.289. The van der Waals surface area contributed by atoms with Gasteiger partial charge in [-0.15, -0.1) is 0 Å². The van der Waals surface area contributed by atoms with Crippen molar-refractivity contribution in [1.29, 1.82) is 0 Å². The quantitative estimate of drug-likeness (QED) is 0.793. The first kappa shape index (κ1) is 14.5. The number of carbonyl (C=O) groups excluding carboxylic acids is 1. The van der Waals surface area contributed by atoms with Crippen LogP contribution in [0.2, 0.25) is 0 Å². The Morgan fingerprint density at radius 2 is 2.18 bits per heavy atom. The maximum absolute atomic E-state index is 12.3. The van der Waals surface area contributed by atoms with Gasteiger partial charge in [0.2, 0.25) is 5.91 Å². The van der Waals surface area contributed by atoms with Gasteiger partial charge in [0.15, 0.2) is 0 Å². The normalized spacial score (nSPS) is 30.1. The molecule has 1 fully saturated rings. The molecule has 100 valence electrons. The largest absolute Gasteiger partial charge is 0.349 e. The molecule has 0 bridgehead atoms. The average molecular weight is 240 g/mol. The molecular formula is C14H28N2O. The van der Waals surface area contributed by atoms with E-state index in [4.69, 9.17) is 5.73 Å². The highest BCUT2D eigenvalue weighted by Gasteiger charge is 2.38. The second-order valence-corrected chi connectivity index (χ2v) is 6.38. The third kappa shape index (κ3) is 3.44. The van der Waals surface area contributed by atoms with Gasteiger partial charge < -0.3 is 11.1 Å². The van der Waals surface area contributed by atoms with E-state index >= 15 is 0 Å². The third-order valence-corrected chi connectivity index (χ3v) is 4.36. The number of amides is 1. The van der Waals surface area contributed by atoms with Crippen LogP contribution in [-0.2, 0) is 4.79 Å². The van der Waals surface area contributed by atoms with Gasteiger partial charge >= 0.3 is 0 Å². The molecule has 17 heavy (non-hydrogen) atoms. The van der Waals surface area contributed by atoms with E-state index in [0.29, 0.717) is 12.5 Å². The summed E-state index contributed by atoms with van der Waals surface area (Å²) in [5.74, 6) is 0.817. The van der Waals surface area contributed by atoms with Crippen molar-refractivity contribution >= 4 is 5.91 Å². The van der Waals surface area contributed by atoms with Crippen LogP contribution >= 0.6 is 0 Å². The zero-order chi connectivity index (χ0) is 13.1. The zero-order valence-corrected chi connectivity index (χ0v) is 11.8. The lowest BCUT2D eigenvalue weighted by molar-refractivity contribution is -0.132. The second-order valence-electron chi connectivity index (χ2n) is 6.38. The Hall–Kier alpha value is -0.570. The van der Waals surface area contributed by atoms with Crippen LogP contribution in [0, 0.1) is 11.3 Å². The summed E-state index contributed by atoms with van der Waals surface area (Å²) < 4.78 is 0. The molecule has 0 aromatic carbocycles. The predicted molar refractivity (Wildman–Crippen MR) is 71.6 cm³/mol. The third-order valence-electron chi connectivity index (χ3n) is 4.36. The predicted octanol–water partition coefficient (Wildman–Crippen LogP) is 2.45. The van der Waals surface area contributed by atoms with Crippen molar-refractivity contribution in [3.63, 3.8) is 0 Å². The van der Waals surface area contributed by atoms with E-state index in [9.17, 15) is 4.79 Å². The molecule has 0 aromatic heterocycles. The van der Waals surface area contributed by atoms with Gasteiger partial charge in [0.25, 0.3) is 0 Å². The summed E-state index contributed by atoms with van der Waals surface area (Å²) in [6.07, 6.45) is 5.34. The molecule has 3 nitrogen and oxygen atoms in total. The maximum Gasteiger partial charge on any atom is 0.226 e. The molecule has 0 heterocycles. The molecule has 1 aliphatic carbocycles. The van der Waals surface area contributed by atoms with Gasteiger partial charge in [-0.05, 0) is 25.2 Å². The van der Waals surface area contributed by atoms with E-state index in [2.05, 4.69) is 19.2 Å². The molecule has 0 saturated heterocycles. The van der Waals surface area contributed by atoms with E-state index in [1.807, 2.05) is 13.8 Å². The smallest absolute Gasteiger partial charge is 0.226 e. The van der Waals surface area contributed by atoms with E-state index in [1.165, 1.54) is 12.8 Å². The van der Waals surface area contributed by atoms with Gasteiger partial charge in [-0.25, -0.2) is 0 Å². The summed E-state index contributed by atoms with van der Waals surface area (Å²) in [6.45, 7) is 8.86. The highest BCUT2D eigenvalue weighted by atomic mass is 16.2.